The van der Waals surface area contributed by atoms with Crippen molar-refractivity contribution in [3.8, 4) is 5.75 Å². The molecule has 0 radical (unpaired) electrons. The van der Waals surface area contributed by atoms with Crippen molar-refractivity contribution in [3.05, 3.63) is 28.2 Å². The Kier molecular flexibility index (Phi) is 4.22. The van der Waals surface area contributed by atoms with Crippen LogP contribution in [0.3, 0.4) is 0 Å². The molecule has 0 amide bonds. The van der Waals surface area contributed by atoms with Crippen LogP contribution in [0.15, 0.2) is 22.7 Å². The molecule has 3 heteroatoms. The Labute approximate surface area is 86.0 Å². The fourth-order valence-corrected chi connectivity index (χ4v) is 1.61. The highest BCUT2D eigenvalue weighted by molar-refractivity contribution is 9.10. The van der Waals surface area contributed by atoms with Gasteiger partial charge in [0.1, 0.15) is 5.75 Å². The molecule has 0 aliphatic rings. The van der Waals surface area contributed by atoms with Crippen LogP contribution >= 0.6 is 15.9 Å². The number of ether oxygens (including phenoxy) is 1. The second-order valence-corrected chi connectivity index (χ2v) is 3.66. The van der Waals surface area contributed by atoms with Crippen LogP contribution in [-0.2, 0) is 6.42 Å². The summed E-state index contributed by atoms with van der Waals surface area (Å²) in [5.74, 6) is 0.830. The van der Waals surface area contributed by atoms with E-state index < -0.39 is 0 Å². The largest absolute Gasteiger partial charge is 0.496 e. The van der Waals surface area contributed by atoms with Gasteiger partial charge in [-0.25, -0.2) is 0 Å². The molecule has 0 aliphatic heterocycles. The van der Waals surface area contributed by atoms with Gasteiger partial charge in [-0.2, -0.15) is 0 Å². The molecule has 13 heavy (non-hydrogen) atoms. The van der Waals surface area contributed by atoms with E-state index in [9.17, 15) is 4.39 Å². The highest BCUT2D eigenvalue weighted by atomic mass is 79.9. The molecule has 72 valence electrons. The van der Waals surface area contributed by atoms with Crippen LogP contribution in [0, 0.1) is 0 Å². The first-order valence-electron chi connectivity index (χ1n) is 4.16. The van der Waals surface area contributed by atoms with E-state index in [0.29, 0.717) is 6.42 Å². The summed E-state index contributed by atoms with van der Waals surface area (Å²) in [7, 11) is 1.63. The molecule has 0 fully saturated rings. The van der Waals surface area contributed by atoms with Crippen molar-refractivity contribution in [2.24, 2.45) is 0 Å². The maximum Gasteiger partial charge on any atom is 0.122 e. The molecule has 0 saturated heterocycles. The smallest absolute Gasteiger partial charge is 0.122 e. The lowest BCUT2D eigenvalue weighted by Gasteiger charge is -2.07. The van der Waals surface area contributed by atoms with Crippen LogP contribution in [0.2, 0.25) is 0 Å². The Morgan fingerprint density at radius 2 is 2.23 bits per heavy atom. The number of rotatable bonds is 4. The van der Waals surface area contributed by atoms with Crippen LogP contribution < -0.4 is 4.74 Å². The van der Waals surface area contributed by atoms with E-state index in [4.69, 9.17) is 4.74 Å². The number of alkyl halides is 1. The minimum absolute atomic E-state index is 0.282. The molecule has 0 saturated carbocycles. The maximum atomic E-state index is 12.0. The minimum atomic E-state index is -0.282. The Bertz CT molecular complexity index is 276. The van der Waals surface area contributed by atoms with Crippen molar-refractivity contribution >= 4 is 15.9 Å². The van der Waals surface area contributed by atoms with Gasteiger partial charge in [-0.15, -0.1) is 0 Å². The number of benzene rings is 1. The summed E-state index contributed by atoms with van der Waals surface area (Å²) < 4.78 is 18.1. The highest BCUT2D eigenvalue weighted by Gasteiger charge is 2.02. The quantitative estimate of drug-likeness (QED) is 0.792. The van der Waals surface area contributed by atoms with Gasteiger partial charge in [-0.1, -0.05) is 15.9 Å². The lowest BCUT2D eigenvalue weighted by molar-refractivity contribution is 0.406. The van der Waals surface area contributed by atoms with Gasteiger partial charge in [-0.05, 0) is 36.6 Å². The number of hydrogen-bond acceptors (Lipinski definition) is 1. The minimum Gasteiger partial charge on any atom is -0.496 e. The maximum absolute atomic E-state index is 12.0. The molecule has 1 rings (SSSR count). The number of hydrogen-bond donors (Lipinski definition) is 0. The second kappa shape index (κ2) is 5.22. The van der Waals surface area contributed by atoms with Gasteiger partial charge in [0.15, 0.2) is 0 Å². The molecule has 0 N–H and O–H groups in total. The lowest BCUT2D eigenvalue weighted by Crippen LogP contribution is -1.93. The number of methoxy groups -OCH3 is 1. The third-order valence-corrected chi connectivity index (χ3v) is 2.32. The molecular weight excluding hydrogens is 235 g/mol. The van der Waals surface area contributed by atoms with Gasteiger partial charge in [0, 0.05) is 4.47 Å². The summed E-state index contributed by atoms with van der Waals surface area (Å²) in [6.07, 6.45) is 1.27. The fraction of sp³-hybridized carbons (Fsp3) is 0.400. The van der Waals surface area contributed by atoms with Crippen LogP contribution in [0.1, 0.15) is 12.0 Å². The third kappa shape index (κ3) is 2.99. The van der Waals surface area contributed by atoms with E-state index >= 15 is 0 Å². The van der Waals surface area contributed by atoms with E-state index in [1.807, 2.05) is 18.2 Å². The van der Waals surface area contributed by atoms with E-state index in [2.05, 4.69) is 15.9 Å². The van der Waals surface area contributed by atoms with Gasteiger partial charge < -0.3 is 4.74 Å². The first kappa shape index (κ1) is 10.5. The summed E-state index contributed by atoms with van der Waals surface area (Å²) in [5.41, 5.74) is 1.05. The van der Waals surface area contributed by atoms with Crippen molar-refractivity contribution in [1.82, 2.24) is 0 Å². The Morgan fingerprint density at radius 3 is 2.85 bits per heavy atom. The van der Waals surface area contributed by atoms with E-state index in [-0.39, 0.29) is 6.67 Å². The molecule has 1 nitrogen and oxygen atoms in total. The zero-order chi connectivity index (χ0) is 9.68. The fourth-order valence-electron chi connectivity index (χ4n) is 1.20. The van der Waals surface area contributed by atoms with Crippen molar-refractivity contribution in [2.45, 2.75) is 12.8 Å². The molecule has 0 unspecified atom stereocenters. The molecule has 0 heterocycles. The first-order chi connectivity index (χ1) is 6.27. The topological polar surface area (TPSA) is 9.23 Å². The average Bonchev–Trinajstić information content (AvgIpc) is 2.15. The lowest BCUT2D eigenvalue weighted by atomic mass is 10.1. The van der Waals surface area contributed by atoms with Crippen molar-refractivity contribution in [3.63, 3.8) is 0 Å². The molecule has 0 atom stereocenters. The van der Waals surface area contributed by atoms with Gasteiger partial charge in [0.25, 0.3) is 0 Å². The SMILES string of the molecule is COc1ccc(Br)cc1CCCF. The Morgan fingerprint density at radius 1 is 1.46 bits per heavy atom. The molecule has 0 bridgehead atoms. The summed E-state index contributed by atoms with van der Waals surface area (Å²) in [6.45, 7) is -0.282. The number of halogens is 2. The molecule has 0 aliphatic carbocycles. The summed E-state index contributed by atoms with van der Waals surface area (Å²) in [5, 5.41) is 0. The standard InChI is InChI=1S/C10H12BrFO/c1-13-10-5-4-9(11)7-8(10)3-2-6-12/h4-5,7H,2-3,6H2,1H3. The first-order valence-corrected chi connectivity index (χ1v) is 4.95. The molecule has 1 aromatic carbocycles. The van der Waals surface area contributed by atoms with Crippen molar-refractivity contribution < 1.29 is 9.13 Å². The average molecular weight is 247 g/mol. The van der Waals surface area contributed by atoms with E-state index in [1.165, 1.54) is 0 Å². The zero-order valence-electron chi connectivity index (χ0n) is 7.52. The zero-order valence-corrected chi connectivity index (χ0v) is 9.10. The summed E-state index contributed by atoms with van der Waals surface area (Å²) in [6, 6.07) is 5.77. The normalized spacial score (nSPS) is 10.1. The predicted molar refractivity (Wildman–Crippen MR) is 55.0 cm³/mol. The van der Waals surface area contributed by atoms with Gasteiger partial charge >= 0.3 is 0 Å². The second-order valence-electron chi connectivity index (χ2n) is 2.75. The molecule has 1 aromatic rings. The van der Waals surface area contributed by atoms with Crippen LogP contribution in [0.5, 0.6) is 5.75 Å². The molecule has 0 spiro atoms. The van der Waals surface area contributed by atoms with Gasteiger partial charge in [-0.3, -0.25) is 4.39 Å². The van der Waals surface area contributed by atoms with Crippen LogP contribution in [-0.4, -0.2) is 13.8 Å². The van der Waals surface area contributed by atoms with E-state index in [1.54, 1.807) is 7.11 Å². The van der Waals surface area contributed by atoms with Crippen LogP contribution in [0.25, 0.3) is 0 Å². The number of aryl methyl sites for hydroxylation is 1. The molecular formula is C10H12BrFO. The third-order valence-electron chi connectivity index (χ3n) is 1.82. The Hall–Kier alpha value is -0.570. The monoisotopic (exact) mass is 246 g/mol. The van der Waals surface area contributed by atoms with Crippen LogP contribution in [0.4, 0.5) is 4.39 Å². The van der Waals surface area contributed by atoms with Gasteiger partial charge in [0.2, 0.25) is 0 Å². The van der Waals surface area contributed by atoms with E-state index in [0.717, 1.165) is 22.2 Å². The van der Waals surface area contributed by atoms with Crippen molar-refractivity contribution in [1.29, 1.82) is 0 Å². The Balaban J connectivity index is 2.81. The summed E-state index contributed by atoms with van der Waals surface area (Å²) in [4.78, 5) is 0. The predicted octanol–water partition coefficient (Wildman–Crippen LogP) is 3.36. The molecule has 0 aromatic heterocycles. The van der Waals surface area contributed by atoms with Crippen molar-refractivity contribution in [2.75, 3.05) is 13.8 Å². The van der Waals surface area contributed by atoms with Gasteiger partial charge in [0.05, 0.1) is 13.8 Å². The highest BCUT2D eigenvalue weighted by Crippen LogP contribution is 2.23. The summed E-state index contributed by atoms with van der Waals surface area (Å²) >= 11 is 3.37.